The SMILES string of the molecule is COc1ccccc1C(Br)c1ccc(C)c(C)c1. The van der Waals surface area contributed by atoms with E-state index in [9.17, 15) is 0 Å². The van der Waals surface area contributed by atoms with Crippen LogP contribution in [0, 0.1) is 13.8 Å². The Morgan fingerprint density at radius 3 is 2.39 bits per heavy atom. The van der Waals surface area contributed by atoms with Gasteiger partial charge in [-0.15, -0.1) is 0 Å². The Morgan fingerprint density at radius 2 is 1.72 bits per heavy atom. The van der Waals surface area contributed by atoms with E-state index in [1.807, 2.05) is 18.2 Å². The van der Waals surface area contributed by atoms with Crippen molar-refractivity contribution in [3.63, 3.8) is 0 Å². The van der Waals surface area contributed by atoms with Gasteiger partial charge in [0.1, 0.15) is 5.75 Å². The van der Waals surface area contributed by atoms with Crippen LogP contribution in [0.4, 0.5) is 0 Å². The first-order valence-corrected chi connectivity index (χ1v) is 6.89. The number of alkyl halides is 1. The molecule has 2 heteroatoms. The van der Waals surface area contributed by atoms with Gasteiger partial charge in [0, 0.05) is 5.56 Å². The summed E-state index contributed by atoms with van der Waals surface area (Å²) in [5.41, 5.74) is 5.04. The Morgan fingerprint density at radius 1 is 1.00 bits per heavy atom. The van der Waals surface area contributed by atoms with Gasteiger partial charge < -0.3 is 4.74 Å². The number of hydrogen-bond acceptors (Lipinski definition) is 1. The zero-order valence-electron chi connectivity index (χ0n) is 10.9. The van der Waals surface area contributed by atoms with Gasteiger partial charge >= 0.3 is 0 Å². The molecule has 94 valence electrons. The number of methoxy groups -OCH3 is 1. The molecule has 0 amide bonds. The summed E-state index contributed by atoms with van der Waals surface area (Å²) in [6, 6.07) is 14.7. The van der Waals surface area contributed by atoms with Gasteiger partial charge in [-0.25, -0.2) is 0 Å². The standard InChI is InChI=1S/C16H17BrO/c1-11-8-9-13(10-12(11)2)16(17)14-6-4-5-7-15(14)18-3/h4-10,16H,1-3H3. The molecule has 0 spiro atoms. The highest BCUT2D eigenvalue weighted by Gasteiger charge is 2.14. The first-order chi connectivity index (χ1) is 8.63. The van der Waals surface area contributed by atoms with Crippen LogP contribution in [-0.4, -0.2) is 7.11 Å². The van der Waals surface area contributed by atoms with Crippen LogP contribution < -0.4 is 4.74 Å². The third kappa shape index (κ3) is 2.59. The van der Waals surface area contributed by atoms with Crippen molar-refractivity contribution in [2.45, 2.75) is 18.7 Å². The van der Waals surface area contributed by atoms with Crippen molar-refractivity contribution >= 4 is 15.9 Å². The molecule has 0 aliphatic carbocycles. The number of para-hydroxylation sites is 1. The molecule has 0 bridgehead atoms. The van der Waals surface area contributed by atoms with Crippen molar-refractivity contribution in [2.75, 3.05) is 7.11 Å². The molecule has 18 heavy (non-hydrogen) atoms. The average Bonchev–Trinajstić information content (AvgIpc) is 2.41. The Kier molecular flexibility index (Phi) is 4.07. The third-order valence-electron chi connectivity index (χ3n) is 3.24. The minimum atomic E-state index is 0.160. The Bertz CT molecular complexity index is 549. The van der Waals surface area contributed by atoms with Crippen molar-refractivity contribution in [3.8, 4) is 5.75 Å². The summed E-state index contributed by atoms with van der Waals surface area (Å²) in [6.45, 7) is 4.27. The fourth-order valence-electron chi connectivity index (χ4n) is 1.98. The molecular formula is C16H17BrO. The first kappa shape index (κ1) is 13.2. The normalized spacial score (nSPS) is 12.2. The molecule has 0 N–H and O–H groups in total. The summed E-state index contributed by atoms with van der Waals surface area (Å²) < 4.78 is 5.41. The number of rotatable bonds is 3. The molecule has 1 atom stereocenters. The first-order valence-electron chi connectivity index (χ1n) is 5.97. The maximum atomic E-state index is 5.41. The van der Waals surface area contributed by atoms with Gasteiger partial charge in [-0.05, 0) is 36.6 Å². The van der Waals surface area contributed by atoms with E-state index in [1.54, 1.807) is 7.11 Å². The number of hydrogen-bond donors (Lipinski definition) is 0. The van der Waals surface area contributed by atoms with Gasteiger partial charge in [0.25, 0.3) is 0 Å². The number of aryl methyl sites for hydroxylation is 2. The van der Waals surface area contributed by atoms with E-state index in [-0.39, 0.29) is 4.83 Å². The molecule has 0 aliphatic rings. The van der Waals surface area contributed by atoms with Gasteiger partial charge in [0.05, 0.1) is 11.9 Å². The molecule has 2 aromatic carbocycles. The van der Waals surface area contributed by atoms with E-state index >= 15 is 0 Å². The van der Waals surface area contributed by atoms with Crippen molar-refractivity contribution in [1.82, 2.24) is 0 Å². The second kappa shape index (κ2) is 5.57. The fraction of sp³-hybridized carbons (Fsp3) is 0.250. The zero-order valence-corrected chi connectivity index (χ0v) is 12.5. The lowest BCUT2D eigenvalue weighted by Crippen LogP contribution is -1.97. The molecule has 1 unspecified atom stereocenters. The van der Waals surface area contributed by atoms with Gasteiger partial charge in [-0.3, -0.25) is 0 Å². The molecule has 0 saturated heterocycles. The summed E-state index contributed by atoms with van der Waals surface area (Å²) >= 11 is 3.76. The van der Waals surface area contributed by atoms with Crippen LogP contribution in [0.3, 0.4) is 0 Å². The molecule has 0 saturated carbocycles. The van der Waals surface area contributed by atoms with Crippen LogP contribution in [0.25, 0.3) is 0 Å². The van der Waals surface area contributed by atoms with Crippen LogP contribution in [-0.2, 0) is 0 Å². The van der Waals surface area contributed by atoms with Gasteiger partial charge in [0.2, 0.25) is 0 Å². The highest BCUT2D eigenvalue weighted by molar-refractivity contribution is 9.09. The average molecular weight is 305 g/mol. The summed E-state index contributed by atoms with van der Waals surface area (Å²) in [6.07, 6.45) is 0. The zero-order chi connectivity index (χ0) is 13.1. The van der Waals surface area contributed by atoms with Crippen LogP contribution in [0.2, 0.25) is 0 Å². The van der Waals surface area contributed by atoms with E-state index in [0.717, 1.165) is 11.3 Å². The smallest absolute Gasteiger partial charge is 0.123 e. The number of halogens is 1. The van der Waals surface area contributed by atoms with E-state index < -0.39 is 0 Å². The topological polar surface area (TPSA) is 9.23 Å². The van der Waals surface area contributed by atoms with E-state index in [2.05, 4.69) is 54.0 Å². The molecule has 2 rings (SSSR count). The molecule has 0 heterocycles. The molecule has 1 nitrogen and oxygen atoms in total. The van der Waals surface area contributed by atoms with Crippen molar-refractivity contribution in [2.24, 2.45) is 0 Å². The van der Waals surface area contributed by atoms with Crippen LogP contribution in [0.5, 0.6) is 5.75 Å². The van der Waals surface area contributed by atoms with Crippen LogP contribution in [0.1, 0.15) is 27.1 Å². The van der Waals surface area contributed by atoms with Crippen molar-refractivity contribution in [3.05, 3.63) is 64.7 Å². The summed E-state index contributed by atoms with van der Waals surface area (Å²) in [5.74, 6) is 0.914. The third-order valence-corrected chi connectivity index (χ3v) is 4.26. The van der Waals surface area contributed by atoms with E-state index in [4.69, 9.17) is 4.74 Å². The second-order valence-corrected chi connectivity index (χ2v) is 5.36. The van der Waals surface area contributed by atoms with Gasteiger partial charge in [0.15, 0.2) is 0 Å². The van der Waals surface area contributed by atoms with Crippen LogP contribution in [0.15, 0.2) is 42.5 Å². The molecule has 0 radical (unpaired) electrons. The van der Waals surface area contributed by atoms with Crippen molar-refractivity contribution < 1.29 is 4.74 Å². The minimum Gasteiger partial charge on any atom is -0.496 e. The maximum Gasteiger partial charge on any atom is 0.123 e. The van der Waals surface area contributed by atoms with Crippen molar-refractivity contribution in [1.29, 1.82) is 0 Å². The second-order valence-electron chi connectivity index (χ2n) is 4.45. The summed E-state index contributed by atoms with van der Waals surface area (Å²) in [5, 5.41) is 0. The summed E-state index contributed by atoms with van der Waals surface area (Å²) in [4.78, 5) is 0.160. The van der Waals surface area contributed by atoms with Gasteiger partial charge in [-0.1, -0.05) is 52.3 Å². The largest absolute Gasteiger partial charge is 0.496 e. The lowest BCUT2D eigenvalue weighted by molar-refractivity contribution is 0.410. The maximum absolute atomic E-state index is 5.41. The minimum absolute atomic E-state index is 0.160. The Hall–Kier alpha value is -1.28. The molecule has 0 aliphatic heterocycles. The molecule has 0 aromatic heterocycles. The highest BCUT2D eigenvalue weighted by atomic mass is 79.9. The monoisotopic (exact) mass is 304 g/mol. The fourth-order valence-corrected chi connectivity index (χ4v) is 2.64. The number of benzene rings is 2. The highest BCUT2D eigenvalue weighted by Crippen LogP contribution is 2.36. The van der Waals surface area contributed by atoms with Gasteiger partial charge in [-0.2, -0.15) is 0 Å². The number of ether oxygens (including phenoxy) is 1. The molecular weight excluding hydrogens is 288 g/mol. The lowest BCUT2D eigenvalue weighted by atomic mass is 10.00. The summed E-state index contributed by atoms with van der Waals surface area (Å²) in [7, 11) is 1.71. The predicted molar refractivity (Wildman–Crippen MR) is 79.7 cm³/mol. The predicted octanol–water partition coefficient (Wildman–Crippen LogP) is 4.80. The quantitative estimate of drug-likeness (QED) is 0.740. The van der Waals surface area contributed by atoms with Crippen LogP contribution >= 0.6 is 15.9 Å². The molecule has 0 fully saturated rings. The van der Waals surface area contributed by atoms with E-state index in [0.29, 0.717) is 0 Å². The Labute approximate surface area is 117 Å². The lowest BCUT2D eigenvalue weighted by Gasteiger charge is -2.15. The van der Waals surface area contributed by atoms with E-state index in [1.165, 1.54) is 16.7 Å². The molecule has 2 aromatic rings. The Balaban J connectivity index is 2.41.